The van der Waals surface area contributed by atoms with Crippen LogP contribution < -0.4 is 9.80 Å². The Morgan fingerprint density at radius 3 is 2.45 bits per heavy atom. The molecule has 38 heavy (non-hydrogen) atoms. The molecule has 200 valence electrons. The van der Waals surface area contributed by atoms with Gasteiger partial charge in [-0.05, 0) is 80.1 Å². The average molecular weight is 509 g/mol. The van der Waals surface area contributed by atoms with Crippen molar-refractivity contribution in [3.63, 3.8) is 0 Å². The number of fused-ring (bicyclic) bond motifs is 1. The number of nitrogens with zero attached hydrogens (tertiary/aromatic N) is 2. The maximum atomic E-state index is 10.5. The molecule has 0 spiro atoms. The van der Waals surface area contributed by atoms with Crippen molar-refractivity contribution in [2.75, 3.05) is 16.3 Å². The Hall–Kier alpha value is -3.04. The third-order valence-electron chi connectivity index (χ3n) is 8.90. The van der Waals surface area contributed by atoms with Gasteiger partial charge in [0, 0.05) is 12.1 Å². The summed E-state index contributed by atoms with van der Waals surface area (Å²) in [6.07, 6.45) is 15.2. The van der Waals surface area contributed by atoms with Crippen molar-refractivity contribution < 1.29 is 5.11 Å². The zero-order valence-electron chi connectivity index (χ0n) is 23.4. The molecule has 3 aliphatic rings. The molecule has 0 amide bonds. The van der Waals surface area contributed by atoms with Gasteiger partial charge in [-0.1, -0.05) is 87.0 Å². The van der Waals surface area contributed by atoms with Crippen molar-refractivity contribution in [2.45, 2.75) is 71.6 Å². The van der Waals surface area contributed by atoms with Crippen LogP contribution in [0.5, 0.6) is 0 Å². The number of allylic oxidation sites excluding steroid dienone is 5. The van der Waals surface area contributed by atoms with Crippen molar-refractivity contribution >= 4 is 16.9 Å². The summed E-state index contributed by atoms with van der Waals surface area (Å²) in [6.45, 7) is 11.7. The molecule has 5 atom stereocenters. The van der Waals surface area contributed by atoms with Crippen LogP contribution in [0.15, 0.2) is 96.8 Å². The molecule has 2 aromatic rings. The zero-order chi connectivity index (χ0) is 26.6. The molecule has 3 heteroatoms. The molecular weight excluding hydrogens is 464 g/mol. The standard InChI is InChI=1S/C35H44N2O/c1-5-27(34(38)6-2)21-22-36-26(4)37(33-20-14-13-19-32(33)36)35-30(28-15-9-7-10-16-28)23-25(3)24-31(35)29-17-11-8-12-18-29/h6-11,13-16,19-20,23,25-27,29,34,38H,2,5,12,17-18,21-22,24H2,1,3-4H3. The summed E-state index contributed by atoms with van der Waals surface area (Å²) in [5.74, 6) is 1.33. The number of hydrogen-bond acceptors (Lipinski definition) is 3. The number of aliphatic hydroxyl groups excluding tert-OH is 1. The van der Waals surface area contributed by atoms with Crippen LogP contribution in [-0.2, 0) is 0 Å². The van der Waals surface area contributed by atoms with E-state index < -0.39 is 6.10 Å². The first kappa shape index (κ1) is 26.6. The molecule has 2 aliphatic carbocycles. The van der Waals surface area contributed by atoms with Crippen LogP contribution in [0.2, 0.25) is 0 Å². The fourth-order valence-corrected chi connectivity index (χ4v) is 6.83. The fourth-order valence-electron chi connectivity index (χ4n) is 6.83. The highest BCUT2D eigenvalue weighted by atomic mass is 16.3. The molecule has 0 saturated carbocycles. The summed E-state index contributed by atoms with van der Waals surface area (Å²) in [5, 5.41) is 10.5. The molecular formula is C35H44N2O. The quantitative estimate of drug-likeness (QED) is 0.345. The number of hydrogen-bond donors (Lipinski definition) is 1. The minimum Gasteiger partial charge on any atom is -0.389 e. The molecule has 1 aliphatic heterocycles. The van der Waals surface area contributed by atoms with Crippen LogP contribution in [0.3, 0.4) is 0 Å². The summed E-state index contributed by atoms with van der Waals surface area (Å²) in [6, 6.07) is 19.9. The number of anilines is 2. The van der Waals surface area contributed by atoms with Crippen LogP contribution in [0.25, 0.3) is 5.57 Å². The van der Waals surface area contributed by atoms with E-state index in [4.69, 9.17) is 0 Å². The molecule has 0 aromatic heterocycles. The van der Waals surface area contributed by atoms with Gasteiger partial charge >= 0.3 is 0 Å². The van der Waals surface area contributed by atoms with Gasteiger partial charge in [-0.3, -0.25) is 0 Å². The second kappa shape index (κ2) is 11.8. The molecule has 0 saturated heterocycles. The SMILES string of the molecule is C=CC(O)C(CC)CCN1c2ccccc2N(C2=C(C3CC=CCC3)CC(C)C=C2c2ccccc2)C1C. The predicted octanol–water partition coefficient (Wildman–Crippen LogP) is 8.36. The Balaban J connectivity index is 1.59. The van der Waals surface area contributed by atoms with E-state index in [1.807, 2.05) is 0 Å². The van der Waals surface area contributed by atoms with E-state index in [-0.39, 0.29) is 12.1 Å². The zero-order valence-corrected chi connectivity index (χ0v) is 23.4. The van der Waals surface area contributed by atoms with Crippen molar-refractivity contribution in [1.82, 2.24) is 0 Å². The fraction of sp³-hybridized carbons (Fsp3) is 0.429. The maximum absolute atomic E-state index is 10.5. The van der Waals surface area contributed by atoms with Crippen LogP contribution >= 0.6 is 0 Å². The van der Waals surface area contributed by atoms with E-state index in [0.717, 1.165) is 32.2 Å². The Morgan fingerprint density at radius 2 is 1.76 bits per heavy atom. The molecule has 0 radical (unpaired) electrons. The van der Waals surface area contributed by atoms with E-state index in [0.29, 0.717) is 11.8 Å². The van der Waals surface area contributed by atoms with Gasteiger partial charge in [-0.2, -0.15) is 0 Å². The maximum Gasteiger partial charge on any atom is 0.104 e. The Morgan fingerprint density at radius 1 is 1.03 bits per heavy atom. The number of rotatable bonds is 9. The van der Waals surface area contributed by atoms with Gasteiger partial charge in [-0.15, -0.1) is 6.58 Å². The van der Waals surface area contributed by atoms with Crippen molar-refractivity contribution in [1.29, 1.82) is 0 Å². The van der Waals surface area contributed by atoms with E-state index in [2.05, 4.69) is 110 Å². The molecule has 5 rings (SSSR count). The van der Waals surface area contributed by atoms with Crippen molar-refractivity contribution in [3.05, 3.63) is 102 Å². The lowest BCUT2D eigenvalue weighted by Gasteiger charge is -2.39. The Labute approximate surface area is 229 Å². The lowest BCUT2D eigenvalue weighted by atomic mass is 9.76. The van der Waals surface area contributed by atoms with Gasteiger partial charge in [0.05, 0.1) is 23.2 Å². The normalized spacial score (nSPS) is 24.7. The van der Waals surface area contributed by atoms with E-state index in [1.165, 1.54) is 41.1 Å². The largest absolute Gasteiger partial charge is 0.389 e. The van der Waals surface area contributed by atoms with Crippen LogP contribution in [0.4, 0.5) is 11.4 Å². The number of aliphatic hydroxyl groups is 1. The van der Waals surface area contributed by atoms with E-state index >= 15 is 0 Å². The summed E-state index contributed by atoms with van der Waals surface area (Å²) in [5.41, 5.74) is 8.33. The summed E-state index contributed by atoms with van der Waals surface area (Å²) in [4.78, 5) is 5.19. The van der Waals surface area contributed by atoms with E-state index in [1.54, 1.807) is 11.6 Å². The highest BCUT2D eigenvalue weighted by Gasteiger charge is 2.39. The lowest BCUT2D eigenvalue weighted by Crippen LogP contribution is -2.43. The summed E-state index contributed by atoms with van der Waals surface area (Å²) >= 11 is 0. The van der Waals surface area contributed by atoms with Gasteiger partial charge in [0.25, 0.3) is 0 Å². The second-order valence-corrected chi connectivity index (χ2v) is 11.4. The number of para-hydroxylation sites is 2. The molecule has 0 bridgehead atoms. The van der Waals surface area contributed by atoms with E-state index in [9.17, 15) is 5.11 Å². The van der Waals surface area contributed by atoms with Crippen LogP contribution in [0, 0.1) is 17.8 Å². The minimum absolute atomic E-state index is 0.190. The highest BCUT2D eigenvalue weighted by molar-refractivity contribution is 5.91. The Bertz CT molecular complexity index is 1210. The van der Waals surface area contributed by atoms with Crippen molar-refractivity contribution in [3.8, 4) is 0 Å². The minimum atomic E-state index is -0.453. The molecule has 2 aromatic carbocycles. The van der Waals surface area contributed by atoms with Crippen LogP contribution in [-0.4, -0.2) is 23.9 Å². The molecule has 0 fully saturated rings. The van der Waals surface area contributed by atoms with Gasteiger partial charge in [0.1, 0.15) is 6.17 Å². The topological polar surface area (TPSA) is 26.7 Å². The first-order chi connectivity index (χ1) is 18.5. The molecule has 1 N–H and O–H groups in total. The Kier molecular flexibility index (Phi) is 8.24. The first-order valence-corrected chi connectivity index (χ1v) is 14.6. The predicted molar refractivity (Wildman–Crippen MR) is 162 cm³/mol. The third-order valence-corrected chi connectivity index (χ3v) is 8.90. The van der Waals surface area contributed by atoms with Gasteiger partial charge in [0.2, 0.25) is 0 Å². The lowest BCUT2D eigenvalue weighted by molar-refractivity contribution is 0.144. The average Bonchev–Trinajstić information content (AvgIpc) is 3.24. The highest BCUT2D eigenvalue weighted by Crippen LogP contribution is 2.50. The molecule has 3 nitrogen and oxygen atoms in total. The first-order valence-electron chi connectivity index (χ1n) is 14.6. The van der Waals surface area contributed by atoms with Crippen molar-refractivity contribution in [2.24, 2.45) is 17.8 Å². The summed E-state index contributed by atoms with van der Waals surface area (Å²) < 4.78 is 0. The van der Waals surface area contributed by atoms with Gasteiger partial charge in [0.15, 0.2) is 0 Å². The van der Waals surface area contributed by atoms with Gasteiger partial charge in [-0.25, -0.2) is 0 Å². The van der Waals surface area contributed by atoms with Crippen LogP contribution in [0.1, 0.15) is 64.9 Å². The molecule has 5 unspecified atom stereocenters. The number of benzene rings is 2. The summed E-state index contributed by atoms with van der Waals surface area (Å²) in [7, 11) is 0. The third kappa shape index (κ3) is 5.14. The molecule has 1 heterocycles. The second-order valence-electron chi connectivity index (χ2n) is 11.4. The van der Waals surface area contributed by atoms with Gasteiger partial charge < -0.3 is 14.9 Å². The smallest absolute Gasteiger partial charge is 0.104 e. The monoisotopic (exact) mass is 508 g/mol.